The maximum absolute atomic E-state index is 12.2. The second kappa shape index (κ2) is 8.82. The molecule has 4 aliphatic rings. The number of hydrogen-bond donors (Lipinski definition) is 2. The molecule has 31 heavy (non-hydrogen) atoms. The van der Waals surface area contributed by atoms with Crippen LogP contribution in [0.15, 0.2) is 12.1 Å². The minimum absolute atomic E-state index is 0.0953. The van der Waals surface area contributed by atoms with E-state index in [2.05, 4.69) is 10.6 Å². The Morgan fingerprint density at radius 2 is 1.71 bits per heavy atom. The van der Waals surface area contributed by atoms with Crippen molar-refractivity contribution in [3.8, 4) is 11.5 Å². The van der Waals surface area contributed by atoms with Crippen LogP contribution >= 0.6 is 11.6 Å². The molecule has 0 aromatic heterocycles. The van der Waals surface area contributed by atoms with Gasteiger partial charge in [-0.2, -0.15) is 0 Å². The van der Waals surface area contributed by atoms with Crippen LogP contribution in [0.3, 0.4) is 0 Å². The normalized spacial score (nSPS) is 29.1. The van der Waals surface area contributed by atoms with Crippen LogP contribution in [0.25, 0.3) is 0 Å². The molecule has 0 spiro atoms. The molecule has 1 amide bonds. The number of rotatable bonds is 8. The van der Waals surface area contributed by atoms with Crippen LogP contribution in [-0.2, 0) is 11.3 Å². The van der Waals surface area contributed by atoms with Gasteiger partial charge in [-0.25, -0.2) is 0 Å². The van der Waals surface area contributed by atoms with Crippen molar-refractivity contribution >= 4 is 17.5 Å². The van der Waals surface area contributed by atoms with Crippen LogP contribution in [0.1, 0.15) is 71.8 Å². The molecule has 4 aliphatic carbocycles. The molecule has 0 saturated heterocycles. The van der Waals surface area contributed by atoms with Gasteiger partial charge < -0.3 is 20.1 Å². The highest BCUT2D eigenvalue weighted by Crippen LogP contribution is 2.55. The predicted molar refractivity (Wildman–Crippen MR) is 124 cm³/mol. The summed E-state index contributed by atoms with van der Waals surface area (Å²) >= 11 is 6.58. The molecule has 1 aromatic rings. The van der Waals surface area contributed by atoms with Gasteiger partial charge in [0, 0.05) is 17.6 Å². The summed E-state index contributed by atoms with van der Waals surface area (Å²) < 4.78 is 11.6. The topological polar surface area (TPSA) is 59.6 Å². The van der Waals surface area contributed by atoms with Crippen molar-refractivity contribution in [3.05, 3.63) is 22.7 Å². The minimum Gasteiger partial charge on any atom is -0.490 e. The van der Waals surface area contributed by atoms with Crippen LogP contribution in [0.5, 0.6) is 11.5 Å². The van der Waals surface area contributed by atoms with Gasteiger partial charge in [0.25, 0.3) is 5.91 Å². The molecule has 0 radical (unpaired) electrons. The lowest BCUT2D eigenvalue weighted by Crippen LogP contribution is -2.58. The summed E-state index contributed by atoms with van der Waals surface area (Å²) in [4.78, 5) is 12.2. The molecule has 0 atom stereocenters. The van der Waals surface area contributed by atoms with Gasteiger partial charge in [-0.1, -0.05) is 11.6 Å². The van der Waals surface area contributed by atoms with E-state index in [1.165, 1.54) is 38.5 Å². The van der Waals surface area contributed by atoms with Crippen molar-refractivity contribution in [2.24, 2.45) is 17.8 Å². The van der Waals surface area contributed by atoms with Gasteiger partial charge in [-0.3, -0.25) is 4.79 Å². The Kier molecular flexibility index (Phi) is 6.47. The van der Waals surface area contributed by atoms with Crippen molar-refractivity contribution in [1.82, 2.24) is 10.6 Å². The second-order valence-corrected chi connectivity index (χ2v) is 11.4. The van der Waals surface area contributed by atoms with Crippen LogP contribution in [0, 0.1) is 17.8 Å². The third-order valence-corrected chi connectivity index (χ3v) is 7.22. The standard InChI is InChI=1S/C25H37ClN2O3/c1-5-30-21-10-19(9-20(26)23(21)31-15-22(29)28-24(2,3)4)14-27-25-11-16-6-17(12-25)8-18(7-16)13-25/h9-10,16-18,27H,5-8,11-15H2,1-4H3,(H,28,29). The Morgan fingerprint density at radius 1 is 1.10 bits per heavy atom. The van der Waals surface area contributed by atoms with Crippen LogP contribution in [0.2, 0.25) is 5.02 Å². The average molecular weight is 449 g/mol. The molecule has 172 valence electrons. The first kappa shape index (κ1) is 22.7. The molecule has 0 aliphatic heterocycles. The van der Waals surface area contributed by atoms with Crippen molar-refractivity contribution in [2.45, 2.75) is 83.8 Å². The minimum atomic E-state index is -0.306. The highest BCUT2D eigenvalue weighted by atomic mass is 35.5. The molecule has 5 nitrogen and oxygen atoms in total. The first-order valence-corrected chi connectivity index (χ1v) is 12.2. The summed E-state index contributed by atoms with van der Waals surface area (Å²) in [6, 6.07) is 3.94. The van der Waals surface area contributed by atoms with E-state index < -0.39 is 0 Å². The number of nitrogens with one attached hydrogen (secondary N) is 2. The van der Waals surface area contributed by atoms with E-state index in [0.29, 0.717) is 28.7 Å². The largest absolute Gasteiger partial charge is 0.490 e. The van der Waals surface area contributed by atoms with Crippen molar-refractivity contribution in [1.29, 1.82) is 0 Å². The number of ether oxygens (including phenoxy) is 2. The summed E-state index contributed by atoms with van der Waals surface area (Å²) in [5.74, 6) is 3.59. The van der Waals surface area contributed by atoms with Crippen molar-refractivity contribution in [2.75, 3.05) is 13.2 Å². The lowest BCUT2D eigenvalue weighted by Gasteiger charge is -2.57. The zero-order chi connectivity index (χ0) is 22.2. The van der Waals surface area contributed by atoms with E-state index in [4.69, 9.17) is 21.1 Å². The van der Waals surface area contributed by atoms with Crippen LogP contribution in [0.4, 0.5) is 0 Å². The van der Waals surface area contributed by atoms with E-state index in [0.717, 1.165) is 29.9 Å². The molecule has 0 heterocycles. The lowest BCUT2D eigenvalue weighted by molar-refractivity contribution is -0.124. The van der Waals surface area contributed by atoms with E-state index in [-0.39, 0.29) is 18.1 Å². The number of carbonyl (C=O) groups is 1. The zero-order valence-electron chi connectivity index (χ0n) is 19.4. The van der Waals surface area contributed by atoms with E-state index in [1.807, 2.05) is 39.8 Å². The van der Waals surface area contributed by atoms with E-state index in [9.17, 15) is 4.79 Å². The van der Waals surface area contributed by atoms with Gasteiger partial charge >= 0.3 is 0 Å². The molecule has 0 unspecified atom stereocenters. The Morgan fingerprint density at radius 3 is 2.26 bits per heavy atom. The Hall–Kier alpha value is -1.46. The molecular formula is C25H37ClN2O3. The summed E-state index contributed by atoms with van der Waals surface area (Å²) in [7, 11) is 0. The molecule has 1 aromatic carbocycles. The highest BCUT2D eigenvalue weighted by Gasteiger charge is 2.50. The fourth-order valence-electron chi connectivity index (χ4n) is 6.34. The summed E-state index contributed by atoms with van der Waals surface area (Å²) in [6.07, 6.45) is 8.27. The number of carbonyl (C=O) groups excluding carboxylic acids is 1. The lowest BCUT2D eigenvalue weighted by atomic mass is 9.53. The van der Waals surface area contributed by atoms with Crippen LogP contribution < -0.4 is 20.1 Å². The first-order valence-electron chi connectivity index (χ1n) is 11.8. The third-order valence-electron chi connectivity index (χ3n) is 6.94. The highest BCUT2D eigenvalue weighted by molar-refractivity contribution is 6.32. The van der Waals surface area contributed by atoms with Crippen LogP contribution in [-0.4, -0.2) is 30.2 Å². The fourth-order valence-corrected chi connectivity index (χ4v) is 6.62. The second-order valence-electron chi connectivity index (χ2n) is 11.0. The first-order chi connectivity index (χ1) is 14.6. The predicted octanol–water partition coefficient (Wildman–Crippen LogP) is 5.09. The summed E-state index contributed by atoms with van der Waals surface area (Å²) in [5.41, 5.74) is 1.09. The van der Waals surface area contributed by atoms with Gasteiger partial charge in [0.1, 0.15) is 0 Å². The Balaban J connectivity index is 1.43. The van der Waals surface area contributed by atoms with Gasteiger partial charge in [0.15, 0.2) is 18.1 Å². The summed E-state index contributed by atoms with van der Waals surface area (Å²) in [5, 5.41) is 7.30. The quantitative estimate of drug-likeness (QED) is 0.581. The maximum atomic E-state index is 12.2. The van der Waals surface area contributed by atoms with Gasteiger partial charge in [-0.15, -0.1) is 0 Å². The average Bonchev–Trinajstić information content (AvgIpc) is 2.63. The molecule has 5 rings (SSSR count). The SMILES string of the molecule is CCOc1cc(CNC23CC4CC(CC(C4)C2)C3)cc(Cl)c1OCC(=O)NC(C)(C)C. The molecule has 4 bridgehead atoms. The van der Waals surface area contributed by atoms with Gasteiger partial charge in [-0.05, 0) is 102 Å². The molecule has 2 N–H and O–H groups in total. The summed E-state index contributed by atoms with van der Waals surface area (Å²) in [6.45, 7) is 8.94. The van der Waals surface area contributed by atoms with Gasteiger partial charge in [0.05, 0.1) is 11.6 Å². The van der Waals surface area contributed by atoms with E-state index in [1.54, 1.807) is 0 Å². The molecule has 6 heteroatoms. The van der Waals surface area contributed by atoms with Crippen molar-refractivity contribution < 1.29 is 14.3 Å². The Labute approximate surface area is 191 Å². The number of halogens is 1. The fraction of sp³-hybridized carbons (Fsp3) is 0.720. The van der Waals surface area contributed by atoms with Crippen molar-refractivity contribution in [3.63, 3.8) is 0 Å². The smallest absolute Gasteiger partial charge is 0.258 e. The van der Waals surface area contributed by atoms with E-state index >= 15 is 0 Å². The molecule has 4 fully saturated rings. The number of hydrogen-bond acceptors (Lipinski definition) is 4. The maximum Gasteiger partial charge on any atom is 0.258 e. The monoisotopic (exact) mass is 448 g/mol. The Bertz CT molecular complexity index is 782. The number of benzene rings is 1. The molecule has 4 saturated carbocycles. The third kappa shape index (κ3) is 5.48. The zero-order valence-corrected chi connectivity index (χ0v) is 20.1. The number of amides is 1. The molecular weight excluding hydrogens is 412 g/mol. The van der Waals surface area contributed by atoms with Gasteiger partial charge in [0.2, 0.25) is 0 Å².